The number of nitrogens with zero attached hydrogens (tertiary/aromatic N) is 4. The molecule has 10 nitrogen and oxygen atoms in total. The molecule has 3 N–H and O–H groups in total. The summed E-state index contributed by atoms with van der Waals surface area (Å²) in [6.45, 7) is 7.99. The fourth-order valence-electron chi connectivity index (χ4n) is 5.06. The zero-order valence-corrected chi connectivity index (χ0v) is 24.7. The van der Waals surface area contributed by atoms with Gasteiger partial charge in [0.05, 0.1) is 28.0 Å². The predicted molar refractivity (Wildman–Crippen MR) is 159 cm³/mol. The molecule has 0 bridgehead atoms. The molecule has 0 radical (unpaired) electrons. The Bertz CT molecular complexity index is 1450. The number of pyridine rings is 1. The Labute approximate surface area is 249 Å². The van der Waals surface area contributed by atoms with Gasteiger partial charge in [0, 0.05) is 49.7 Å². The smallest absolute Gasteiger partial charge is 0.255 e. The van der Waals surface area contributed by atoms with Gasteiger partial charge in [0.1, 0.15) is 11.9 Å². The normalized spacial score (nSPS) is 16.7. The SMILES string of the molecule is CCNc1cc([C@@H](C)NC(=O)[C@@H](C)N2Cc3ccc(-c4nc(NC5CCOCC5)ncc4Cl)cc3C2=O)c(Cl)cn1. The van der Waals surface area contributed by atoms with Crippen LogP contribution in [0.15, 0.2) is 36.7 Å². The summed E-state index contributed by atoms with van der Waals surface area (Å²) in [5, 5.41) is 10.3. The van der Waals surface area contributed by atoms with E-state index in [-0.39, 0.29) is 23.9 Å². The lowest BCUT2D eigenvalue weighted by Gasteiger charge is -2.25. The average Bonchev–Trinajstić information content (AvgIpc) is 3.30. The monoisotopic (exact) mass is 597 g/mol. The molecule has 4 heterocycles. The number of hydrogen-bond acceptors (Lipinski definition) is 8. The molecule has 0 unspecified atom stereocenters. The summed E-state index contributed by atoms with van der Waals surface area (Å²) in [6, 6.07) is 6.54. The number of halogens is 2. The molecule has 1 saturated heterocycles. The molecule has 1 fully saturated rings. The third kappa shape index (κ3) is 6.39. The van der Waals surface area contributed by atoms with Crippen molar-refractivity contribution in [2.24, 2.45) is 0 Å². The Hall–Kier alpha value is -3.47. The predicted octanol–water partition coefficient (Wildman–Crippen LogP) is 5.09. The molecule has 2 aliphatic rings. The van der Waals surface area contributed by atoms with E-state index in [9.17, 15) is 9.59 Å². The molecule has 0 saturated carbocycles. The summed E-state index contributed by atoms with van der Waals surface area (Å²) in [6.07, 6.45) is 4.88. The van der Waals surface area contributed by atoms with E-state index in [1.165, 1.54) is 0 Å². The number of carbonyl (C=O) groups is 2. The Kier molecular flexibility index (Phi) is 8.91. The van der Waals surface area contributed by atoms with Crippen molar-refractivity contribution in [3.8, 4) is 11.3 Å². The molecule has 12 heteroatoms. The topological polar surface area (TPSA) is 121 Å². The molecular weight excluding hydrogens is 565 g/mol. The average molecular weight is 599 g/mol. The summed E-state index contributed by atoms with van der Waals surface area (Å²) in [7, 11) is 0. The molecule has 5 rings (SSSR count). The lowest BCUT2D eigenvalue weighted by Crippen LogP contribution is -2.45. The number of anilines is 2. The molecule has 1 aromatic carbocycles. The van der Waals surface area contributed by atoms with Crippen LogP contribution in [0.5, 0.6) is 0 Å². The molecule has 2 atom stereocenters. The van der Waals surface area contributed by atoms with Crippen LogP contribution in [0.1, 0.15) is 61.1 Å². The van der Waals surface area contributed by atoms with Crippen molar-refractivity contribution < 1.29 is 14.3 Å². The molecule has 41 heavy (non-hydrogen) atoms. The van der Waals surface area contributed by atoms with Crippen LogP contribution in [-0.2, 0) is 16.1 Å². The van der Waals surface area contributed by atoms with E-state index >= 15 is 0 Å². The van der Waals surface area contributed by atoms with Crippen LogP contribution in [0.25, 0.3) is 11.3 Å². The number of rotatable bonds is 9. The maximum absolute atomic E-state index is 13.5. The lowest BCUT2D eigenvalue weighted by atomic mass is 10.0. The fourth-order valence-corrected chi connectivity index (χ4v) is 5.53. The van der Waals surface area contributed by atoms with Gasteiger partial charge < -0.3 is 25.6 Å². The molecule has 0 spiro atoms. The quantitative estimate of drug-likeness (QED) is 0.312. The van der Waals surface area contributed by atoms with Crippen LogP contribution in [-0.4, -0.2) is 63.5 Å². The van der Waals surface area contributed by atoms with Crippen molar-refractivity contribution in [2.75, 3.05) is 30.4 Å². The largest absolute Gasteiger partial charge is 0.381 e. The van der Waals surface area contributed by atoms with Crippen LogP contribution in [0, 0.1) is 0 Å². The van der Waals surface area contributed by atoms with Crippen LogP contribution in [0.4, 0.5) is 11.8 Å². The van der Waals surface area contributed by atoms with Gasteiger partial charge in [-0.25, -0.2) is 15.0 Å². The number of hydrogen-bond donors (Lipinski definition) is 3. The summed E-state index contributed by atoms with van der Waals surface area (Å²) >= 11 is 12.8. The van der Waals surface area contributed by atoms with Gasteiger partial charge in [-0.05, 0) is 56.9 Å². The number of ether oxygens (including phenoxy) is 1. The van der Waals surface area contributed by atoms with E-state index in [0.29, 0.717) is 64.9 Å². The molecule has 2 amide bonds. The summed E-state index contributed by atoms with van der Waals surface area (Å²) in [5.74, 6) is 0.659. The van der Waals surface area contributed by atoms with Crippen LogP contribution < -0.4 is 16.0 Å². The fraction of sp³-hybridized carbons (Fsp3) is 0.414. The summed E-state index contributed by atoms with van der Waals surface area (Å²) < 4.78 is 5.43. The van der Waals surface area contributed by atoms with E-state index in [1.807, 2.05) is 32.0 Å². The molecular formula is C29H33Cl2N7O3. The number of fused-ring (bicyclic) bond motifs is 1. The summed E-state index contributed by atoms with van der Waals surface area (Å²) in [5.41, 5.74) is 3.35. The Morgan fingerprint density at radius 2 is 1.88 bits per heavy atom. The first-order valence-electron chi connectivity index (χ1n) is 13.8. The molecule has 2 aliphatic heterocycles. The van der Waals surface area contributed by atoms with E-state index in [1.54, 1.807) is 30.3 Å². The number of nitrogens with one attached hydrogen (secondary N) is 3. The molecule has 2 aromatic heterocycles. The maximum Gasteiger partial charge on any atom is 0.255 e. The molecule has 0 aliphatic carbocycles. The van der Waals surface area contributed by atoms with Gasteiger partial charge in [-0.1, -0.05) is 35.3 Å². The minimum absolute atomic E-state index is 0.223. The van der Waals surface area contributed by atoms with Gasteiger partial charge in [-0.3, -0.25) is 9.59 Å². The second-order valence-electron chi connectivity index (χ2n) is 10.3. The number of aromatic nitrogens is 3. The minimum atomic E-state index is -0.701. The van der Waals surface area contributed by atoms with E-state index < -0.39 is 6.04 Å². The van der Waals surface area contributed by atoms with Gasteiger partial charge in [0.2, 0.25) is 11.9 Å². The first-order chi connectivity index (χ1) is 19.7. The van der Waals surface area contributed by atoms with Crippen LogP contribution in [0.2, 0.25) is 10.0 Å². The zero-order valence-electron chi connectivity index (χ0n) is 23.2. The number of carbonyl (C=O) groups excluding carboxylic acids is 2. The maximum atomic E-state index is 13.5. The van der Waals surface area contributed by atoms with Gasteiger partial charge in [0.25, 0.3) is 5.91 Å². The number of benzene rings is 1. The third-order valence-corrected chi connectivity index (χ3v) is 8.02. The van der Waals surface area contributed by atoms with E-state index in [0.717, 1.165) is 24.0 Å². The highest BCUT2D eigenvalue weighted by Crippen LogP contribution is 2.33. The Balaban J connectivity index is 1.29. The van der Waals surface area contributed by atoms with E-state index in [2.05, 4.69) is 30.9 Å². The van der Waals surface area contributed by atoms with Crippen molar-refractivity contribution >= 4 is 46.8 Å². The molecule has 3 aromatic rings. The van der Waals surface area contributed by atoms with Crippen molar-refractivity contribution in [2.45, 2.75) is 58.3 Å². The van der Waals surface area contributed by atoms with Gasteiger partial charge >= 0.3 is 0 Å². The first kappa shape index (κ1) is 29.0. The first-order valence-corrected chi connectivity index (χ1v) is 14.5. The van der Waals surface area contributed by atoms with E-state index in [4.69, 9.17) is 27.9 Å². The second-order valence-corrected chi connectivity index (χ2v) is 11.1. The molecule has 216 valence electrons. The van der Waals surface area contributed by atoms with Gasteiger partial charge in [-0.15, -0.1) is 0 Å². The number of amides is 2. The van der Waals surface area contributed by atoms with Gasteiger partial charge in [-0.2, -0.15) is 0 Å². The van der Waals surface area contributed by atoms with Crippen molar-refractivity contribution in [3.05, 3.63) is 63.4 Å². The standard InChI is InChI=1S/C29H33Cl2N7O3/c1-4-32-25-12-21(23(30)13-33-25)16(2)35-27(39)17(3)38-15-19-6-5-18(11-22(19)28(38)40)26-24(31)14-34-29(37-26)36-20-7-9-41-10-8-20/h5-6,11-14,16-17,20H,4,7-10,15H2,1-3H3,(H,32,33)(H,35,39)(H,34,36,37)/t16-,17-/m1/s1. The third-order valence-electron chi connectivity index (χ3n) is 7.43. The van der Waals surface area contributed by atoms with Crippen molar-refractivity contribution in [1.82, 2.24) is 25.2 Å². The van der Waals surface area contributed by atoms with Crippen LogP contribution >= 0.6 is 23.2 Å². The highest BCUT2D eigenvalue weighted by molar-refractivity contribution is 6.33. The minimum Gasteiger partial charge on any atom is -0.381 e. The highest BCUT2D eigenvalue weighted by Gasteiger charge is 2.35. The zero-order chi connectivity index (χ0) is 29.1. The summed E-state index contributed by atoms with van der Waals surface area (Å²) in [4.78, 5) is 41.5. The van der Waals surface area contributed by atoms with Crippen molar-refractivity contribution in [1.29, 1.82) is 0 Å². The Morgan fingerprint density at radius 1 is 1.12 bits per heavy atom. The Morgan fingerprint density at radius 3 is 2.63 bits per heavy atom. The lowest BCUT2D eigenvalue weighted by molar-refractivity contribution is -0.125. The van der Waals surface area contributed by atoms with Crippen molar-refractivity contribution in [3.63, 3.8) is 0 Å². The van der Waals surface area contributed by atoms with Crippen LogP contribution in [0.3, 0.4) is 0 Å². The second kappa shape index (κ2) is 12.6. The highest BCUT2D eigenvalue weighted by atomic mass is 35.5. The van der Waals surface area contributed by atoms with Gasteiger partial charge in [0.15, 0.2) is 0 Å².